The van der Waals surface area contributed by atoms with Crippen molar-refractivity contribution in [3.8, 4) is 23.0 Å². The third-order valence-electron chi connectivity index (χ3n) is 11.8. The Morgan fingerprint density at radius 2 is 0.707 bits per heavy atom. The molecule has 0 spiro atoms. The minimum atomic E-state index is -0.159. The molecule has 0 atom stereocenters. The first kappa shape index (κ1) is 44.8. The van der Waals surface area contributed by atoms with E-state index in [1.54, 1.807) is 0 Å². The number of nitrogen functional groups attached to an aromatic ring is 2. The zero-order valence-corrected chi connectivity index (χ0v) is 37.2. The molecule has 4 aromatic carbocycles. The molecule has 6 heteroatoms. The van der Waals surface area contributed by atoms with E-state index >= 15 is 0 Å². The summed E-state index contributed by atoms with van der Waals surface area (Å²) in [6.07, 6.45) is 15.8. The highest BCUT2D eigenvalue weighted by atomic mass is 16.5. The Hall–Kier alpha value is -4.32. The van der Waals surface area contributed by atoms with Crippen LogP contribution in [0, 0.1) is 0 Å². The van der Waals surface area contributed by atoms with Crippen LogP contribution in [0.4, 0.5) is 11.4 Å². The van der Waals surface area contributed by atoms with Crippen molar-refractivity contribution in [2.45, 2.75) is 169 Å². The SMILES string of the molecule is CCCCCCCCOc1c2cc(C(C)(C)C)cc1Cc1cc(N)cc(c1O)Cc1cc(C(C)(C)C)cc(c1OCCCCCCCC)Cc1cc(N)cc(c1O)C2. The second-order valence-corrected chi connectivity index (χ2v) is 19.1. The van der Waals surface area contributed by atoms with Gasteiger partial charge in [-0.3, -0.25) is 0 Å². The number of nitrogens with two attached hydrogens (primary N) is 2. The lowest BCUT2D eigenvalue weighted by atomic mass is 9.81. The summed E-state index contributed by atoms with van der Waals surface area (Å²) in [6.45, 7) is 19.0. The molecule has 1 aliphatic carbocycles. The largest absolute Gasteiger partial charge is 0.507 e. The van der Waals surface area contributed by atoms with Crippen molar-refractivity contribution in [2.24, 2.45) is 0 Å². The number of hydrogen-bond acceptors (Lipinski definition) is 6. The molecular formula is C52H74N2O4. The van der Waals surface area contributed by atoms with Crippen molar-refractivity contribution in [1.29, 1.82) is 0 Å². The molecule has 0 radical (unpaired) electrons. The number of phenols is 2. The highest BCUT2D eigenvalue weighted by molar-refractivity contribution is 5.62. The molecule has 58 heavy (non-hydrogen) atoms. The van der Waals surface area contributed by atoms with Crippen molar-refractivity contribution >= 4 is 11.4 Å². The normalized spacial score (nSPS) is 13.1. The van der Waals surface area contributed by atoms with E-state index in [0.717, 1.165) is 92.8 Å². The Labute approximate surface area is 350 Å². The van der Waals surface area contributed by atoms with E-state index in [1.165, 1.54) is 51.4 Å². The van der Waals surface area contributed by atoms with E-state index in [-0.39, 0.29) is 22.3 Å². The average Bonchev–Trinajstić information content (AvgIpc) is 3.14. The van der Waals surface area contributed by atoms with E-state index < -0.39 is 0 Å². The number of ether oxygens (including phenoxy) is 2. The molecule has 0 saturated carbocycles. The summed E-state index contributed by atoms with van der Waals surface area (Å²) < 4.78 is 13.6. The molecule has 316 valence electrons. The molecular weight excluding hydrogens is 717 g/mol. The van der Waals surface area contributed by atoms with Crippen molar-refractivity contribution < 1.29 is 19.7 Å². The van der Waals surface area contributed by atoms with E-state index in [9.17, 15) is 10.2 Å². The quantitative estimate of drug-likeness (QED) is 0.0450. The topological polar surface area (TPSA) is 111 Å². The third-order valence-corrected chi connectivity index (χ3v) is 11.8. The average molecular weight is 791 g/mol. The van der Waals surface area contributed by atoms with E-state index in [0.29, 0.717) is 50.3 Å². The van der Waals surface area contributed by atoms with Gasteiger partial charge in [0, 0.05) is 59.3 Å². The number of rotatable bonds is 16. The molecule has 5 rings (SSSR count). The molecule has 4 aromatic rings. The third kappa shape index (κ3) is 11.9. The summed E-state index contributed by atoms with van der Waals surface area (Å²) in [5, 5.41) is 24.4. The summed E-state index contributed by atoms with van der Waals surface area (Å²) >= 11 is 0. The highest BCUT2D eigenvalue weighted by Crippen LogP contribution is 2.42. The zero-order valence-electron chi connectivity index (χ0n) is 37.2. The maximum Gasteiger partial charge on any atom is 0.126 e. The summed E-state index contributed by atoms with van der Waals surface area (Å²) in [7, 11) is 0. The summed E-state index contributed by atoms with van der Waals surface area (Å²) in [4.78, 5) is 0. The van der Waals surface area contributed by atoms with Gasteiger partial charge < -0.3 is 31.2 Å². The van der Waals surface area contributed by atoms with Crippen molar-refractivity contribution in [2.75, 3.05) is 24.7 Å². The summed E-state index contributed by atoms with van der Waals surface area (Å²) in [6, 6.07) is 16.6. The van der Waals surface area contributed by atoms with Gasteiger partial charge in [-0.25, -0.2) is 0 Å². The van der Waals surface area contributed by atoms with Crippen LogP contribution in [-0.2, 0) is 36.5 Å². The van der Waals surface area contributed by atoms with Crippen molar-refractivity contribution in [1.82, 2.24) is 0 Å². The molecule has 6 nitrogen and oxygen atoms in total. The Bertz CT molecular complexity index is 1740. The van der Waals surface area contributed by atoms with Gasteiger partial charge in [-0.2, -0.15) is 0 Å². The summed E-state index contributed by atoms with van der Waals surface area (Å²) in [5.74, 6) is 2.13. The van der Waals surface area contributed by atoms with Crippen molar-refractivity contribution in [3.63, 3.8) is 0 Å². The standard InChI is InChI=1S/C52H74N2O4/c1-9-11-13-15-17-19-21-57-49-39-23-35-31-45(53)33-37(47(35)55)25-41-29-44(52(6,7)8)30-42(50(41)58-22-20-18-16-14-12-10-2)26-38-34-46(54)32-36(48(38)56)24-40(49)28-43(27-39)51(3,4)5/h27-34,55-56H,9-26,53-54H2,1-8H3. The number of phenolic OH excluding ortho intramolecular Hbond substituents is 2. The summed E-state index contributed by atoms with van der Waals surface area (Å²) in [5.41, 5.74) is 23.7. The Morgan fingerprint density at radius 3 is 0.983 bits per heavy atom. The first-order chi connectivity index (χ1) is 27.6. The fourth-order valence-electron chi connectivity index (χ4n) is 8.32. The fourth-order valence-corrected chi connectivity index (χ4v) is 8.32. The van der Waals surface area contributed by atoms with Crippen LogP contribution in [0.2, 0.25) is 0 Å². The van der Waals surface area contributed by atoms with E-state index in [1.807, 2.05) is 24.3 Å². The van der Waals surface area contributed by atoms with Crippen LogP contribution in [0.5, 0.6) is 23.0 Å². The van der Waals surface area contributed by atoms with Gasteiger partial charge in [-0.1, -0.05) is 144 Å². The molecule has 0 unspecified atom stereocenters. The first-order valence-electron chi connectivity index (χ1n) is 22.4. The molecule has 0 aliphatic heterocycles. The Morgan fingerprint density at radius 1 is 0.431 bits per heavy atom. The molecule has 1 aliphatic rings. The lowest BCUT2D eigenvalue weighted by Gasteiger charge is -2.26. The lowest BCUT2D eigenvalue weighted by molar-refractivity contribution is 0.298. The number of aromatic hydroxyl groups is 2. The zero-order chi connectivity index (χ0) is 42.0. The van der Waals surface area contributed by atoms with Gasteiger partial charge in [0.05, 0.1) is 13.2 Å². The van der Waals surface area contributed by atoms with Gasteiger partial charge in [0.25, 0.3) is 0 Å². The maximum atomic E-state index is 12.2. The smallest absolute Gasteiger partial charge is 0.126 e. The molecule has 0 fully saturated rings. The number of benzene rings is 4. The molecule has 0 heterocycles. The number of anilines is 2. The molecule has 6 N–H and O–H groups in total. The van der Waals surface area contributed by atoms with Gasteiger partial charge in [0.2, 0.25) is 0 Å². The molecule has 0 aromatic heterocycles. The van der Waals surface area contributed by atoms with Crippen LogP contribution < -0.4 is 20.9 Å². The maximum absolute atomic E-state index is 12.2. The van der Waals surface area contributed by atoms with Crippen LogP contribution in [0.1, 0.15) is 188 Å². The van der Waals surface area contributed by atoms with Crippen LogP contribution in [0.25, 0.3) is 0 Å². The van der Waals surface area contributed by atoms with Crippen LogP contribution in [0.15, 0.2) is 48.5 Å². The van der Waals surface area contributed by atoms with Crippen molar-refractivity contribution in [3.05, 3.63) is 104 Å². The Kier molecular flexibility index (Phi) is 15.5. The minimum Gasteiger partial charge on any atom is -0.507 e. The number of fused-ring (bicyclic) bond motifs is 8. The van der Waals surface area contributed by atoms with Gasteiger partial charge in [-0.05, 0) is 81.3 Å². The van der Waals surface area contributed by atoms with E-state index in [4.69, 9.17) is 20.9 Å². The first-order valence-corrected chi connectivity index (χ1v) is 22.4. The van der Waals surface area contributed by atoms with Crippen LogP contribution >= 0.6 is 0 Å². The van der Waals surface area contributed by atoms with Crippen LogP contribution in [-0.4, -0.2) is 23.4 Å². The minimum absolute atomic E-state index is 0.159. The van der Waals surface area contributed by atoms with E-state index in [2.05, 4.69) is 79.7 Å². The molecule has 0 amide bonds. The monoisotopic (exact) mass is 791 g/mol. The predicted molar refractivity (Wildman–Crippen MR) is 244 cm³/mol. The number of unbranched alkanes of at least 4 members (excludes halogenated alkanes) is 10. The Balaban J connectivity index is 1.69. The highest BCUT2D eigenvalue weighted by Gasteiger charge is 2.26. The van der Waals surface area contributed by atoms with Gasteiger partial charge >= 0.3 is 0 Å². The van der Waals surface area contributed by atoms with Gasteiger partial charge in [-0.15, -0.1) is 0 Å². The van der Waals surface area contributed by atoms with Crippen LogP contribution in [0.3, 0.4) is 0 Å². The van der Waals surface area contributed by atoms with Gasteiger partial charge in [0.15, 0.2) is 0 Å². The fraction of sp³-hybridized carbons (Fsp3) is 0.538. The second-order valence-electron chi connectivity index (χ2n) is 19.1. The predicted octanol–water partition coefficient (Wildman–Crippen LogP) is 13.0. The number of hydrogen-bond donors (Lipinski definition) is 4. The van der Waals surface area contributed by atoms with Gasteiger partial charge in [0.1, 0.15) is 23.0 Å². The second kappa shape index (κ2) is 20.1. The molecule has 8 bridgehead atoms. The lowest BCUT2D eigenvalue weighted by Crippen LogP contribution is -2.15. The molecule has 0 saturated heterocycles.